The molecule has 0 aliphatic rings. The van der Waals surface area contributed by atoms with Crippen molar-refractivity contribution in [3.05, 3.63) is 47.2 Å². The van der Waals surface area contributed by atoms with Crippen LogP contribution >= 0.6 is 11.6 Å². The minimum absolute atomic E-state index is 0.0447. The Labute approximate surface area is 152 Å². The second kappa shape index (κ2) is 9.26. The van der Waals surface area contributed by atoms with Gasteiger partial charge in [0.25, 0.3) is 0 Å². The van der Waals surface area contributed by atoms with Gasteiger partial charge in [0, 0.05) is 12.1 Å². The summed E-state index contributed by atoms with van der Waals surface area (Å²) < 4.78 is 81.3. The molecular weight excluding hydrogens is 410 g/mol. The van der Waals surface area contributed by atoms with Gasteiger partial charge in [0.1, 0.15) is 5.15 Å². The number of ether oxygens (including phenoxy) is 3. The Morgan fingerprint density at radius 2 is 1.37 bits per heavy atom. The van der Waals surface area contributed by atoms with Crippen molar-refractivity contribution in [1.29, 1.82) is 0 Å². The summed E-state index contributed by atoms with van der Waals surface area (Å²) in [7, 11) is 1.10. The Morgan fingerprint density at radius 3 is 1.81 bits per heavy atom. The maximum atomic E-state index is 11.8. The molecule has 0 fully saturated rings. The first-order valence-corrected chi connectivity index (χ1v) is 6.97. The third-order valence-corrected chi connectivity index (χ3v) is 2.46. The lowest BCUT2D eigenvalue weighted by Crippen LogP contribution is -2.18. The minimum atomic E-state index is -4.83. The van der Waals surface area contributed by atoms with E-state index in [0.29, 0.717) is 0 Å². The van der Waals surface area contributed by atoms with Gasteiger partial charge in [-0.2, -0.15) is 0 Å². The molecule has 0 bridgehead atoms. The summed E-state index contributed by atoms with van der Waals surface area (Å²) in [5.74, 6) is -2.09. The summed E-state index contributed by atoms with van der Waals surface area (Å²) in [6, 6.07) is 7.15. The zero-order valence-corrected chi connectivity index (χ0v) is 13.9. The number of aromatic nitrogens is 2. The summed E-state index contributed by atoms with van der Waals surface area (Å²) >= 11 is 5.32. The number of nitrogens with zero attached hydrogens (tertiary/aromatic N) is 2. The molecule has 0 saturated carbocycles. The Bertz CT molecular complexity index is 770. The van der Waals surface area contributed by atoms with Crippen molar-refractivity contribution >= 4 is 17.6 Å². The predicted octanol–water partition coefficient (Wildman–Crippen LogP) is 4.40. The summed E-state index contributed by atoms with van der Waals surface area (Å²) in [5, 5.41) is -0.0447. The number of esters is 1. The predicted molar refractivity (Wildman–Crippen MR) is 78.2 cm³/mol. The first-order chi connectivity index (χ1) is 12.4. The van der Waals surface area contributed by atoms with E-state index in [1.54, 1.807) is 0 Å². The highest BCUT2D eigenvalue weighted by atomic mass is 35.5. The fraction of sp³-hybridized carbons (Fsp3) is 0.214. The summed E-state index contributed by atoms with van der Waals surface area (Å²) in [5.41, 5.74) is -0.251. The largest absolute Gasteiger partial charge is 0.574 e. The standard InChI is InChI=1S/C8H6F3NO3.C6H3ClF3NO/c1-14-7(13)5-3-2-4-6(12-5)15-8(9,10)11;7-4-2-1-3-5(11-4)12-6(8,9)10/h2-4H,1H3;1-3H. The maximum Gasteiger partial charge on any atom is 0.574 e. The van der Waals surface area contributed by atoms with E-state index in [1.165, 1.54) is 24.3 Å². The van der Waals surface area contributed by atoms with Crippen LogP contribution in [0.5, 0.6) is 11.8 Å². The van der Waals surface area contributed by atoms with E-state index < -0.39 is 30.5 Å². The van der Waals surface area contributed by atoms with Crippen LogP contribution in [0.1, 0.15) is 10.5 Å². The average Bonchev–Trinajstić information content (AvgIpc) is 2.52. The van der Waals surface area contributed by atoms with Crippen LogP contribution in [-0.2, 0) is 4.74 Å². The molecule has 0 unspecified atom stereocenters. The van der Waals surface area contributed by atoms with Crippen molar-refractivity contribution in [2.24, 2.45) is 0 Å². The molecule has 0 radical (unpaired) electrons. The smallest absolute Gasteiger partial charge is 0.464 e. The van der Waals surface area contributed by atoms with E-state index in [-0.39, 0.29) is 10.8 Å². The zero-order chi connectivity index (χ0) is 20.7. The van der Waals surface area contributed by atoms with Crippen LogP contribution in [-0.4, -0.2) is 35.8 Å². The van der Waals surface area contributed by atoms with Crippen molar-refractivity contribution in [3.8, 4) is 11.8 Å². The molecule has 2 aromatic rings. The van der Waals surface area contributed by atoms with Gasteiger partial charge in [-0.05, 0) is 12.1 Å². The van der Waals surface area contributed by atoms with Crippen LogP contribution in [0.4, 0.5) is 26.3 Å². The number of rotatable bonds is 3. The molecular formula is C14H9ClF6N2O4. The summed E-state index contributed by atoms with van der Waals surface area (Å²) in [6.45, 7) is 0. The number of methoxy groups -OCH3 is 1. The first kappa shape index (κ1) is 22.3. The van der Waals surface area contributed by atoms with E-state index >= 15 is 0 Å². The monoisotopic (exact) mass is 418 g/mol. The third kappa shape index (κ3) is 9.49. The molecule has 27 heavy (non-hydrogen) atoms. The Kier molecular flexibility index (Phi) is 7.64. The van der Waals surface area contributed by atoms with Crippen molar-refractivity contribution in [1.82, 2.24) is 9.97 Å². The van der Waals surface area contributed by atoms with Crippen LogP contribution < -0.4 is 9.47 Å². The first-order valence-electron chi connectivity index (χ1n) is 6.59. The molecule has 6 nitrogen and oxygen atoms in total. The van der Waals surface area contributed by atoms with E-state index in [2.05, 4.69) is 24.2 Å². The lowest BCUT2D eigenvalue weighted by molar-refractivity contribution is -0.277. The van der Waals surface area contributed by atoms with E-state index in [4.69, 9.17) is 11.6 Å². The quantitative estimate of drug-likeness (QED) is 0.418. The molecule has 2 rings (SSSR count). The minimum Gasteiger partial charge on any atom is -0.464 e. The Balaban J connectivity index is 0.000000277. The molecule has 0 aliphatic carbocycles. The second-order valence-corrected chi connectivity index (χ2v) is 4.63. The number of alkyl halides is 6. The van der Waals surface area contributed by atoms with Gasteiger partial charge < -0.3 is 14.2 Å². The molecule has 0 saturated heterocycles. The highest BCUT2D eigenvalue weighted by Gasteiger charge is 2.32. The summed E-state index contributed by atoms with van der Waals surface area (Å²) in [6.07, 6.45) is -9.56. The van der Waals surface area contributed by atoms with Crippen molar-refractivity contribution in [3.63, 3.8) is 0 Å². The third-order valence-electron chi connectivity index (χ3n) is 2.25. The van der Waals surface area contributed by atoms with Gasteiger partial charge in [0.2, 0.25) is 11.8 Å². The molecule has 0 aliphatic heterocycles. The molecule has 13 heteroatoms. The van der Waals surface area contributed by atoms with Gasteiger partial charge >= 0.3 is 18.7 Å². The lowest BCUT2D eigenvalue weighted by atomic mass is 10.3. The van der Waals surface area contributed by atoms with E-state index in [9.17, 15) is 31.1 Å². The molecule has 0 atom stereocenters. The molecule has 0 aromatic carbocycles. The van der Waals surface area contributed by atoms with Crippen LogP contribution in [0.15, 0.2) is 36.4 Å². The number of halogens is 7. The molecule has 2 heterocycles. The highest BCUT2D eigenvalue weighted by molar-refractivity contribution is 6.29. The van der Waals surface area contributed by atoms with Crippen LogP contribution in [0, 0.1) is 0 Å². The fourth-order valence-electron chi connectivity index (χ4n) is 1.37. The van der Waals surface area contributed by atoms with Crippen molar-refractivity contribution in [2.75, 3.05) is 7.11 Å². The molecule has 2 aromatic heterocycles. The number of carbonyl (C=O) groups excluding carboxylic acids is 1. The van der Waals surface area contributed by atoms with Gasteiger partial charge in [0.05, 0.1) is 7.11 Å². The van der Waals surface area contributed by atoms with Gasteiger partial charge in [-0.25, -0.2) is 14.8 Å². The Morgan fingerprint density at radius 1 is 0.889 bits per heavy atom. The number of hydrogen-bond donors (Lipinski definition) is 0. The Hall–Kier alpha value is -2.76. The normalized spacial score (nSPS) is 11.1. The van der Waals surface area contributed by atoms with Gasteiger partial charge in [0.15, 0.2) is 5.69 Å². The van der Waals surface area contributed by atoms with Crippen LogP contribution in [0.3, 0.4) is 0 Å². The van der Waals surface area contributed by atoms with Gasteiger partial charge in [-0.15, -0.1) is 26.3 Å². The topological polar surface area (TPSA) is 70.5 Å². The van der Waals surface area contributed by atoms with Crippen molar-refractivity contribution in [2.45, 2.75) is 12.7 Å². The fourth-order valence-corrected chi connectivity index (χ4v) is 1.53. The number of pyridine rings is 2. The second-order valence-electron chi connectivity index (χ2n) is 4.25. The molecule has 0 N–H and O–H groups in total. The zero-order valence-electron chi connectivity index (χ0n) is 13.1. The lowest BCUT2D eigenvalue weighted by Gasteiger charge is -2.07. The van der Waals surface area contributed by atoms with Gasteiger partial charge in [-0.3, -0.25) is 0 Å². The van der Waals surface area contributed by atoms with Gasteiger partial charge in [-0.1, -0.05) is 23.7 Å². The van der Waals surface area contributed by atoms with Crippen LogP contribution in [0.2, 0.25) is 5.15 Å². The van der Waals surface area contributed by atoms with E-state index in [1.807, 2.05) is 0 Å². The molecule has 0 spiro atoms. The van der Waals surface area contributed by atoms with Crippen LogP contribution in [0.25, 0.3) is 0 Å². The molecule has 148 valence electrons. The molecule has 0 amide bonds. The average molecular weight is 419 g/mol. The van der Waals surface area contributed by atoms with E-state index in [0.717, 1.165) is 19.2 Å². The SMILES string of the molecule is COC(=O)c1cccc(OC(F)(F)F)n1.FC(F)(F)Oc1cccc(Cl)n1. The summed E-state index contributed by atoms with van der Waals surface area (Å²) in [4.78, 5) is 17.5. The highest BCUT2D eigenvalue weighted by Crippen LogP contribution is 2.22. The number of hydrogen-bond acceptors (Lipinski definition) is 6. The maximum absolute atomic E-state index is 11.8. The number of carbonyl (C=O) groups is 1. The van der Waals surface area contributed by atoms with Crippen molar-refractivity contribution < 1.29 is 45.3 Å².